The van der Waals surface area contributed by atoms with Gasteiger partial charge in [0.1, 0.15) is 5.75 Å². The summed E-state index contributed by atoms with van der Waals surface area (Å²) in [5.41, 5.74) is 2.68. The van der Waals surface area contributed by atoms with Gasteiger partial charge in [0, 0.05) is 18.4 Å². The van der Waals surface area contributed by atoms with Gasteiger partial charge in [-0.2, -0.15) is 0 Å². The molecule has 7 heteroatoms. The van der Waals surface area contributed by atoms with E-state index in [2.05, 4.69) is 20.6 Å². The van der Waals surface area contributed by atoms with Crippen molar-refractivity contribution in [3.63, 3.8) is 0 Å². The molecule has 0 atom stereocenters. The molecule has 2 aromatic carbocycles. The van der Waals surface area contributed by atoms with E-state index in [1.54, 1.807) is 13.3 Å². The summed E-state index contributed by atoms with van der Waals surface area (Å²) in [7, 11) is 1.63. The third-order valence-electron chi connectivity index (χ3n) is 4.38. The first kappa shape index (κ1) is 19.6. The largest absolute Gasteiger partial charge is 0.497 e. The van der Waals surface area contributed by atoms with Gasteiger partial charge in [0.2, 0.25) is 5.95 Å². The van der Waals surface area contributed by atoms with E-state index in [1.165, 1.54) is 11.3 Å². The van der Waals surface area contributed by atoms with Crippen LogP contribution in [0.5, 0.6) is 5.75 Å². The molecule has 0 aliphatic rings. The van der Waals surface area contributed by atoms with E-state index in [1.807, 2.05) is 72.8 Å². The summed E-state index contributed by atoms with van der Waals surface area (Å²) in [4.78, 5) is 22.9. The van der Waals surface area contributed by atoms with Gasteiger partial charge in [-0.15, -0.1) is 11.3 Å². The Kier molecular flexibility index (Phi) is 6.01. The van der Waals surface area contributed by atoms with E-state index in [0.717, 1.165) is 27.6 Å². The molecular formula is C23H20N4O2S. The monoisotopic (exact) mass is 416 g/mol. The van der Waals surface area contributed by atoms with Crippen molar-refractivity contribution >= 4 is 28.9 Å². The predicted molar refractivity (Wildman–Crippen MR) is 119 cm³/mol. The average Bonchev–Trinajstić information content (AvgIpc) is 3.29. The van der Waals surface area contributed by atoms with Crippen molar-refractivity contribution in [3.05, 3.63) is 89.4 Å². The Labute approximate surface area is 178 Å². The summed E-state index contributed by atoms with van der Waals surface area (Å²) in [6, 6.07) is 22.9. The number of carbonyl (C=O) groups excluding carboxylic acids is 1. The number of amides is 1. The van der Waals surface area contributed by atoms with Crippen LogP contribution in [0.3, 0.4) is 0 Å². The third kappa shape index (κ3) is 4.82. The molecular weight excluding hydrogens is 396 g/mol. The van der Waals surface area contributed by atoms with Gasteiger partial charge in [0.05, 0.1) is 22.6 Å². The summed E-state index contributed by atoms with van der Waals surface area (Å²) >= 11 is 1.40. The van der Waals surface area contributed by atoms with Crippen LogP contribution < -0.4 is 15.4 Å². The number of aromatic nitrogens is 2. The molecule has 0 radical (unpaired) electrons. The van der Waals surface area contributed by atoms with Gasteiger partial charge in [-0.1, -0.05) is 30.3 Å². The highest BCUT2D eigenvalue weighted by Gasteiger charge is 2.12. The van der Waals surface area contributed by atoms with Gasteiger partial charge in [0.25, 0.3) is 5.91 Å². The number of anilines is 2. The highest BCUT2D eigenvalue weighted by atomic mass is 32.1. The topological polar surface area (TPSA) is 76.1 Å². The molecule has 0 fully saturated rings. The Morgan fingerprint density at radius 3 is 2.57 bits per heavy atom. The summed E-state index contributed by atoms with van der Waals surface area (Å²) in [6.07, 6.45) is 1.70. The first-order valence-electron chi connectivity index (χ1n) is 9.38. The minimum Gasteiger partial charge on any atom is -0.497 e. The molecule has 1 amide bonds. The number of nitrogens with zero attached hydrogens (tertiary/aromatic N) is 2. The lowest BCUT2D eigenvalue weighted by Crippen LogP contribution is -2.21. The number of hydrogen-bond donors (Lipinski definition) is 2. The zero-order valence-electron chi connectivity index (χ0n) is 16.3. The zero-order valence-corrected chi connectivity index (χ0v) is 17.1. The Balaban J connectivity index is 1.43. The summed E-state index contributed by atoms with van der Waals surface area (Å²) in [6.45, 7) is 0.496. The van der Waals surface area contributed by atoms with Crippen molar-refractivity contribution in [2.75, 3.05) is 12.4 Å². The van der Waals surface area contributed by atoms with Gasteiger partial charge >= 0.3 is 0 Å². The molecule has 150 valence electrons. The van der Waals surface area contributed by atoms with Crippen LogP contribution in [0.4, 0.5) is 11.6 Å². The Morgan fingerprint density at radius 1 is 1.00 bits per heavy atom. The van der Waals surface area contributed by atoms with Crippen LogP contribution in [0, 0.1) is 0 Å². The van der Waals surface area contributed by atoms with Gasteiger partial charge in [-0.3, -0.25) is 4.79 Å². The van der Waals surface area contributed by atoms with Crippen molar-refractivity contribution < 1.29 is 9.53 Å². The van der Waals surface area contributed by atoms with Crippen molar-refractivity contribution in [1.29, 1.82) is 0 Å². The fraction of sp³-hybridized carbons (Fsp3) is 0.0870. The molecule has 0 saturated carbocycles. The number of rotatable bonds is 7. The molecule has 2 heterocycles. The lowest BCUT2D eigenvalue weighted by atomic mass is 10.2. The lowest BCUT2D eigenvalue weighted by molar-refractivity contribution is 0.0955. The quantitative estimate of drug-likeness (QED) is 0.449. The van der Waals surface area contributed by atoms with E-state index in [0.29, 0.717) is 17.4 Å². The molecule has 0 aliphatic carbocycles. The van der Waals surface area contributed by atoms with Crippen LogP contribution >= 0.6 is 11.3 Å². The Hall–Kier alpha value is -3.71. The maximum absolute atomic E-state index is 12.5. The van der Waals surface area contributed by atoms with Gasteiger partial charge in [-0.05, 0) is 48.0 Å². The lowest BCUT2D eigenvalue weighted by Gasteiger charge is -2.07. The fourth-order valence-corrected chi connectivity index (χ4v) is 3.71. The minimum absolute atomic E-state index is 0.0965. The van der Waals surface area contributed by atoms with Gasteiger partial charge in [-0.25, -0.2) is 9.97 Å². The van der Waals surface area contributed by atoms with E-state index in [-0.39, 0.29) is 5.91 Å². The molecule has 2 N–H and O–H groups in total. The maximum atomic E-state index is 12.5. The third-order valence-corrected chi connectivity index (χ3v) is 5.49. The number of hydrogen-bond acceptors (Lipinski definition) is 6. The summed E-state index contributed by atoms with van der Waals surface area (Å²) in [5.74, 6) is 1.17. The van der Waals surface area contributed by atoms with Crippen LogP contribution in [-0.4, -0.2) is 23.0 Å². The molecule has 30 heavy (non-hydrogen) atoms. The zero-order chi connectivity index (χ0) is 20.8. The number of carbonyl (C=O) groups is 1. The highest BCUT2D eigenvalue weighted by Crippen LogP contribution is 2.27. The number of methoxy groups -OCH3 is 1. The van der Waals surface area contributed by atoms with E-state index >= 15 is 0 Å². The van der Waals surface area contributed by atoms with Crippen LogP contribution in [-0.2, 0) is 6.54 Å². The Bertz CT molecular complexity index is 1130. The van der Waals surface area contributed by atoms with Crippen LogP contribution in [0.1, 0.15) is 15.2 Å². The molecule has 2 aromatic heterocycles. The average molecular weight is 417 g/mol. The maximum Gasteiger partial charge on any atom is 0.261 e. The van der Waals surface area contributed by atoms with E-state index in [9.17, 15) is 4.79 Å². The normalized spacial score (nSPS) is 10.4. The van der Waals surface area contributed by atoms with Gasteiger partial charge < -0.3 is 15.4 Å². The molecule has 0 saturated heterocycles. The SMILES string of the molecule is COc1ccc(Nc2nccc(-c3ccc(C(=O)NCc4ccccc4)s3)n2)cc1. The summed E-state index contributed by atoms with van der Waals surface area (Å²) in [5, 5.41) is 6.13. The van der Waals surface area contributed by atoms with Crippen molar-refractivity contribution in [2.45, 2.75) is 6.54 Å². The van der Waals surface area contributed by atoms with E-state index < -0.39 is 0 Å². The second-order valence-corrected chi connectivity index (χ2v) is 7.53. The number of nitrogens with one attached hydrogen (secondary N) is 2. The smallest absolute Gasteiger partial charge is 0.261 e. The first-order valence-corrected chi connectivity index (χ1v) is 10.2. The van der Waals surface area contributed by atoms with E-state index in [4.69, 9.17) is 4.74 Å². The summed E-state index contributed by atoms with van der Waals surface area (Å²) < 4.78 is 5.17. The van der Waals surface area contributed by atoms with Crippen LogP contribution in [0.15, 0.2) is 79.0 Å². The molecule has 6 nitrogen and oxygen atoms in total. The minimum atomic E-state index is -0.0965. The molecule has 0 bridgehead atoms. The number of ether oxygens (including phenoxy) is 1. The van der Waals surface area contributed by atoms with Gasteiger partial charge in [0.15, 0.2) is 0 Å². The predicted octanol–water partition coefficient (Wildman–Crippen LogP) is 4.89. The molecule has 0 aliphatic heterocycles. The van der Waals surface area contributed by atoms with Crippen molar-refractivity contribution in [2.24, 2.45) is 0 Å². The number of benzene rings is 2. The van der Waals surface area contributed by atoms with Crippen LogP contribution in [0.2, 0.25) is 0 Å². The first-order chi connectivity index (χ1) is 14.7. The standard InChI is InChI=1S/C23H20N4O2S/c1-29-18-9-7-17(8-10-18)26-23-24-14-13-19(27-23)20-11-12-21(30-20)22(28)25-15-16-5-3-2-4-6-16/h2-14H,15H2,1H3,(H,25,28)(H,24,26,27). The molecule has 4 rings (SSSR count). The highest BCUT2D eigenvalue weighted by molar-refractivity contribution is 7.17. The second-order valence-electron chi connectivity index (χ2n) is 6.45. The Morgan fingerprint density at radius 2 is 1.80 bits per heavy atom. The molecule has 4 aromatic rings. The number of thiophene rings is 1. The second kappa shape index (κ2) is 9.19. The van der Waals surface area contributed by atoms with Crippen molar-refractivity contribution in [1.82, 2.24) is 15.3 Å². The van der Waals surface area contributed by atoms with Crippen LogP contribution in [0.25, 0.3) is 10.6 Å². The molecule has 0 spiro atoms. The molecule has 0 unspecified atom stereocenters. The fourth-order valence-electron chi connectivity index (χ4n) is 2.82. The van der Waals surface area contributed by atoms with Crippen molar-refractivity contribution in [3.8, 4) is 16.3 Å².